The number of halogens is 3. The summed E-state index contributed by atoms with van der Waals surface area (Å²) in [4.78, 5) is 2.29. The summed E-state index contributed by atoms with van der Waals surface area (Å²) in [6, 6.07) is 2.03. The number of nitrogens with two attached hydrogens (primary N) is 1. The van der Waals surface area contributed by atoms with E-state index in [-0.39, 0.29) is 17.0 Å². The Kier molecular flexibility index (Phi) is 3.98. The second kappa shape index (κ2) is 5.66. The van der Waals surface area contributed by atoms with Gasteiger partial charge in [0.15, 0.2) is 5.82 Å². The Morgan fingerprint density at radius 3 is 2.82 bits per heavy atom. The lowest BCUT2D eigenvalue weighted by Gasteiger charge is -2.25. The Bertz CT molecular complexity index is 670. The van der Waals surface area contributed by atoms with Crippen LogP contribution in [0.4, 0.5) is 19.0 Å². The van der Waals surface area contributed by atoms with Crippen LogP contribution in [0.25, 0.3) is 10.1 Å². The van der Waals surface area contributed by atoms with E-state index in [1.54, 1.807) is 6.07 Å². The van der Waals surface area contributed by atoms with Crippen LogP contribution in [0.2, 0.25) is 0 Å². The molecule has 2 aromatic rings. The minimum Gasteiger partial charge on any atom is -0.355 e. The quantitative estimate of drug-likeness (QED) is 0.939. The molecule has 0 spiro atoms. The number of fused-ring (bicyclic) bond motifs is 1. The fourth-order valence-electron chi connectivity index (χ4n) is 2.98. The van der Waals surface area contributed by atoms with Crippen LogP contribution in [0, 0.1) is 0 Å². The van der Waals surface area contributed by atoms with E-state index in [0.29, 0.717) is 5.82 Å². The van der Waals surface area contributed by atoms with Gasteiger partial charge in [-0.15, -0.1) is 16.4 Å². The van der Waals surface area contributed by atoms with E-state index < -0.39 is 12.6 Å². The molecule has 1 fully saturated rings. The Labute approximate surface area is 130 Å². The highest BCUT2D eigenvalue weighted by molar-refractivity contribution is 7.19. The van der Waals surface area contributed by atoms with Gasteiger partial charge in [-0.3, -0.25) is 0 Å². The summed E-state index contributed by atoms with van der Waals surface area (Å²) >= 11 is 1.12. The Morgan fingerprint density at radius 1 is 1.41 bits per heavy atom. The maximum atomic E-state index is 12.6. The van der Waals surface area contributed by atoms with Crippen molar-refractivity contribution in [2.24, 2.45) is 5.73 Å². The minimum atomic E-state index is -4.20. The lowest BCUT2D eigenvalue weighted by atomic mass is 10.2. The van der Waals surface area contributed by atoms with Gasteiger partial charge in [0.1, 0.15) is 0 Å². The summed E-state index contributed by atoms with van der Waals surface area (Å²) in [5.74, 6) is 0.640. The van der Waals surface area contributed by atoms with Crippen LogP contribution in [0.5, 0.6) is 0 Å². The van der Waals surface area contributed by atoms with Crippen molar-refractivity contribution >= 4 is 27.2 Å². The number of anilines is 1. The predicted octanol–water partition coefficient (Wildman–Crippen LogP) is 3.11. The molecule has 3 rings (SSSR count). The molecule has 2 N–H and O–H groups in total. The molecule has 0 aromatic carbocycles. The smallest absolute Gasteiger partial charge is 0.355 e. The van der Waals surface area contributed by atoms with Crippen LogP contribution in [0.1, 0.15) is 24.1 Å². The van der Waals surface area contributed by atoms with Gasteiger partial charge in [-0.05, 0) is 25.3 Å². The fraction of sp³-hybridized carbons (Fsp3) is 0.571. The van der Waals surface area contributed by atoms with Crippen LogP contribution in [0.15, 0.2) is 12.3 Å². The third kappa shape index (κ3) is 3.17. The summed E-state index contributed by atoms with van der Waals surface area (Å²) in [5, 5.41) is 8.83. The number of nitrogens with zero attached hydrogens (tertiary/aromatic N) is 3. The van der Waals surface area contributed by atoms with Gasteiger partial charge in [0.2, 0.25) is 0 Å². The van der Waals surface area contributed by atoms with Crippen molar-refractivity contribution in [3.8, 4) is 0 Å². The number of hydrogen-bond donors (Lipinski definition) is 1. The highest BCUT2D eigenvalue weighted by Crippen LogP contribution is 2.36. The molecule has 2 atom stereocenters. The van der Waals surface area contributed by atoms with Crippen molar-refractivity contribution < 1.29 is 13.2 Å². The van der Waals surface area contributed by atoms with Crippen LogP contribution < -0.4 is 10.6 Å². The number of hydrogen-bond acceptors (Lipinski definition) is 5. The molecule has 8 heteroatoms. The van der Waals surface area contributed by atoms with Gasteiger partial charge >= 0.3 is 6.18 Å². The largest absolute Gasteiger partial charge is 0.393 e. The molecule has 2 heterocycles. The van der Waals surface area contributed by atoms with E-state index in [2.05, 4.69) is 10.2 Å². The number of rotatable bonds is 3. The highest BCUT2D eigenvalue weighted by Gasteiger charge is 2.30. The monoisotopic (exact) mass is 330 g/mol. The molecular weight excluding hydrogens is 313 g/mol. The third-order valence-corrected chi connectivity index (χ3v) is 5.15. The summed E-state index contributed by atoms with van der Waals surface area (Å²) in [5.41, 5.74) is 5.94. The fourth-order valence-corrected chi connectivity index (χ4v) is 4.03. The number of thiophene rings is 1. The first-order chi connectivity index (χ1) is 10.3. The standard InChI is InChI=1S/C14H17F3N4S/c1-21(9-3-2-8(18)4-9)13-11-5-10(6-14(15,16)17)22-12(11)7-19-20-13/h5,7-9H,2-4,6,18H2,1H3/t8-,9+/m0/s1. The van der Waals surface area contributed by atoms with Gasteiger partial charge in [-0.2, -0.15) is 18.3 Å². The molecular formula is C14H17F3N4S. The highest BCUT2D eigenvalue weighted by atomic mass is 32.1. The van der Waals surface area contributed by atoms with Crippen LogP contribution >= 0.6 is 11.3 Å². The van der Waals surface area contributed by atoms with Gasteiger partial charge in [0.25, 0.3) is 0 Å². The lowest BCUT2D eigenvalue weighted by molar-refractivity contribution is -0.126. The SMILES string of the molecule is CN(c1nncc2sc(CC(F)(F)F)cc12)[C@@H]1CC[C@H](N)C1. The summed E-state index contributed by atoms with van der Waals surface area (Å²) in [7, 11) is 1.91. The molecule has 1 aliphatic rings. The second-order valence-electron chi connectivity index (χ2n) is 5.79. The molecule has 4 nitrogen and oxygen atoms in total. The molecule has 22 heavy (non-hydrogen) atoms. The maximum Gasteiger partial charge on any atom is 0.393 e. The first-order valence-corrected chi connectivity index (χ1v) is 7.94. The molecule has 0 aliphatic heterocycles. The average Bonchev–Trinajstić information content (AvgIpc) is 3.00. The number of alkyl halides is 3. The van der Waals surface area contributed by atoms with Crippen molar-refractivity contribution in [1.82, 2.24) is 10.2 Å². The van der Waals surface area contributed by atoms with Gasteiger partial charge < -0.3 is 10.6 Å². The molecule has 120 valence electrons. The Hall–Kier alpha value is -1.41. The second-order valence-corrected chi connectivity index (χ2v) is 6.96. The zero-order valence-corrected chi connectivity index (χ0v) is 12.9. The first kappa shape index (κ1) is 15.5. The van der Waals surface area contributed by atoms with Crippen LogP contribution in [-0.4, -0.2) is 35.5 Å². The van der Waals surface area contributed by atoms with Gasteiger partial charge in [-0.25, -0.2) is 0 Å². The van der Waals surface area contributed by atoms with Gasteiger partial charge in [0.05, 0.1) is 17.3 Å². The van der Waals surface area contributed by atoms with Crippen molar-refractivity contribution in [1.29, 1.82) is 0 Å². The molecule has 0 saturated heterocycles. The van der Waals surface area contributed by atoms with E-state index in [0.717, 1.165) is 40.7 Å². The molecule has 0 unspecified atom stereocenters. The van der Waals surface area contributed by atoms with E-state index in [1.807, 2.05) is 11.9 Å². The molecule has 2 aromatic heterocycles. The Balaban J connectivity index is 1.92. The predicted molar refractivity (Wildman–Crippen MR) is 81.2 cm³/mol. The molecule has 0 radical (unpaired) electrons. The van der Waals surface area contributed by atoms with E-state index in [1.165, 1.54) is 6.20 Å². The van der Waals surface area contributed by atoms with Crippen LogP contribution in [-0.2, 0) is 6.42 Å². The number of aromatic nitrogens is 2. The molecule has 0 bridgehead atoms. The van der Waals surface area contributed by atoms with Crippen molar-refractivity contribution in [2.75, 3.05) is 11.9 Å². The van der Waals surface area contributed by atoms with Crippen molar-refractivity contribution in [3.05, 3.63) is 17.1 Å². The molecule has 1 aliphatic carbocycles. The van der Waals surface area contributed by atoms with Crippen molar-refractivity contribution in [2.45, 2.75) is 43.9 Å². The average molecular weight is 330 g/mol. The van der Waals surface area contributed by atoms with Gasteiger partial charge in [-0.1, -0.05) is 0 Å². The lowest BCUT2D eigenvalue weighted by Crippen LogP contribution is -2.31. The van der Waals surface area contributed by atoms with Crippen molar-refractivity contribution in [3.63, 3.8) is 0 Å². The maximum absolute atomic E-state index is 12.6. The normalized spacial score (nSPS) is 22.4. The van der Waals surface area contributed by atoms with E-state index in [9.17, 15) is 13.2 Å². The zero-order valence-electron chi connectivity index (χ0n) is 12.1. The topological polar surface area (TPSA) is 55.0 Å². The van der Waals surface area contributed by atoms with E-state index >= 15 is 0 Å². The van der Waals surface area contributed by atoms with Gasteiger partial charge in [0, 0.05) is 29.4 Å². The molecule has 1 saturated carbocycles. The third-order valence-electron chi connectivity index (χ3n) is 4.08. The summed E-state index contributed by atoms with van der Waals surface area (Å²) in [6.07, 6.45) is -0.793. The Morgan fingerprint density at radius 2 is 2.18 bits per heavy atom. The first-order valence-electron chi connectivity index (χ1n) is 7.13. The summed E-state index contributed by atoms with van der Waals surface area (Å²) < 4.78 is 38.4. The summed E-state index contributed by atoms with van der Waals surface area (Å²) in [6.45, 7) is 0. The minimum absolute atomic E-state index is 0.183. The van der Waals surface area contributed by atoms with E-state index in [4.69, 9.17) is 5.73 Å². The molecule has 0 amide bonds. The zero-order chi connectivity index (χ0) is 15.9. The van der Waals surface area contributed by atoms with Crippen LogP contribution in [0.3, 0.4) is 0 Å².